The fraction of sp³-hybridized carbons (Fsp3) is 0.346. The Labute approximate surface area is 257 Å². The summed E-state index contributed by atoms with van der Waals surface area (Å²) in [6.07, 6.45) is -6.61. The Morgan fingerprint density at radius 1 is 0.783 bits per heavy atom. The van der Waals surface area contributed by atoms with Gasteiger partial charge in [0.15, 0.2) is 0 Å². The Morgan fingerprint density at radius 2 is 1.30 bits per heavy atom. The lowest BCUT2D eigenvalue weighted by atomic mass is 9.97. The number of aromatic nitrogens is 2. The molecule has 254 valence electrons. The number of carboxylic acid groups (broad SMARTS) is 3. The average Bonchev–Trinajstić information content (AvgIpc) is 3.46. The van der Waals surface area contributed by atoms with E-state index in [2.05, 4.69) is 31.7 Å². The number of ether oxygens (including phenoxy) is 1. The lowest BCUT2D eigenvalue weighted by molar-refractivity contribution is -0.193. The van der Waals surface area contributed by atoms with Crippen LogP contribution in [0, 0.1) is 0 Å². The van der Waals surface area contributed by atoms with Crippen LogP contribution in [0.25, 0.3) is 0 Å². The highest BCUT2D eigenvalue weighted by atomic mass is 32.1. The summed E-state index contributed by atoms with van der Waals surface area (Å²) < 4.78 is 101. The van der Waals surface area contributed by atoms with Crippen LogP contribution in [0.5, 0.6) is 0 Å². The van der Waals surface area contributed by atoms with Crippen LogP contribution >= 0.6 is 11.3 Å². The summed E-state index contributed by atoms with van der Waals surface area (Å²) in [7, 11) is 0. The van der Waals surface area contributed by atoms with Gasteiger partial charge in [-0.25, -0.2) is 14.4 Å². The zero-order valence-electron chi connectivity index (χ0n) is 23.1. The van der Waals surface area contributed by atoms with E-state index in [4.69, 9.17) is 34.4 Å². The SMILES string of the molecule is O=C(O)C(F)(F)F.O=C(O)C(F)(F)F.O=C(O)C(F)(F)F.c1cc(COCc2cncc3c2CCN(Cc2ccsc2)C3)ccn1. The molecule has 10 nitrogen and oxygen atoms in total. The summed E-state index contributed by atoms with van der Waals surface area (Å²) in [6, 6.07) is 6.18. The van der Waals surface area contributed by atoms with Crippen molar-refractivity contribution in [3.8, 4) is 0 Å². The third-order valence-corrected chi connectivity index (χ3v) is 6.03. The van der Waals surface area contributed by atoms with E-state index in [0.29, 0.717) is 13.2 Å². The molecular formula is C26H24F9N3O7S. The van der Waals surface area contributed by atoms with Crippen LogP contribution in [0.15, 0.2) is 53.7 Å². The number of hydrogen-bond acceptors (Lipinski definition) is 8. The number of halogens is 9. The molecule has 0 amide bonds. The molecule has 0 saturated carbocycles. The molecule has 0 bridgehead atoms. The van der Waals surface area contributed by atoms with Crippen molar-refractivity contribution in [2.75, 3.05) is 6.54 Å². The van der Waals surface area contributed by atoms with Gasteiger partial charge in [0.2, 0.25) is 0 Å². The van der Waals surface area contributed by atoms with Gasteiger partial charge >= 0.3 is 36.4 Å². The number of aliphatic carboxylic acids is 3. The molecule has 4 heterocycles. The number of pyridine rings is 2. The maximum atomic E-state index is 10.6. The first-order valence-corrected chi connectivity index (χ1v) is 13.2. The van der Waals surface area contributed by atoms with E-state index in [1.165, 1.54) is 22.3 Å². The van der Waals surface area contributed by atoms with E-state index in [9.17, 15) is 39.5 Å². The molecule has 1 aliphatic rings. The largest absolute Gasteiger partial charge is 0.490 e. The van der Waals surface area contributed by atoms with Crippen molar-refractivity contribution in [3.05, 3.63) is 81.6 Å². The Balaban J connectivity index is 0.000000413. The zero-order valence-corrected chi connectivity index (χ0v) is 23.9. The minimum absolute atomic E-state index is 0.608. The highest BCUT2D eigenvalue weighted by Crippen LogP contribution is 2.24. The van der Waals surface area contributed by atoms with Gasteiger partial charge in [0.05, 0.1) is 13.2 Å². The van der Waals surface area contributed by atoms with E-state index < -0.39 is 36.4 Å². The van der Waals surface area contributed by atoms with Crippen molar-refractivity contribution in [2.24, 2.45) is 0 Å². The number of hydrogen-bond donors (Lipinski definition) is 3. The molecule has 0 aromatic carbocycles. The molecule has 0 saturated heterocycles. The molecule has 0 atom stereocenters. The van der Waals surface area contributed by atoms with Crippen LogP contribution < -0.4 is 0 Å². The Morgan fingerprint density at radius 3 is 1.76 bits per heavy atom. The molecule has 3 aromatic heterocycles. The van der Waals surface area contributed by atoms with Gasteiger partial charge in [-0.15, -0.1) is 0 Å². The van der Waals surface area contributed by atoms with Gasteiger partial charge in [-0.05, 0) is 63.2 Å². The van der Waals surface area contributed by atoms with Gasteiger partial charge in [0.1, 0.15) is 0 Å². The third kappa shape index (κ3) is 15.6. The molecule has 3 N–H and O–H groups in total. The van der Waals surface area contributed by atoms with Gasteiger partial charge in [-0.3, -0.25) is 14.9 Å². The van der Waals surface area contributed by atoms with Crippen molar-refractivity contribution < 1.29 is 74.0 Å². The van der Waals surface area contributed by atoms with Crippen LogP contribution in [0.3, 0.4) is 0 Å². The summed E-state index contributed by atoms with van der Waals surface area (Å²) in [5, 5.41) is 25.8. The number of carboxylic acids is 3. The molecule has 1 aliphatic heterocycles. The molecule has 0 aliphatic carbocycles. The number of rotatable bonds is 6. The minimum Gasteiger partial charge on any atom is -0.475 e. The van der Waals surface area contributed by atoms with E-state index in [0.717, 1.165) is 31.6 Å². The lowest BCUT2D eigenvalue weighted by Gasteiger charge is -2.29. The molecule has 0 unspecified atom stereocenters. The van der Waals surface area contributed by atoms with E-state index in [1.807, 2.05) is 24.5 Å². The van der Waals surface area contributed by atoms with Gasteiger partial charge in [0, 0.05) is 44.4 Å². The van der Waals surface area contributed by atoms with Crippen molar-refractivity contribution in [1.29, 1.82) is 0 Å². The maximum absolute atomic E-state index is 10.6. The summed E-state index contributed by atoms with van der Waals surface area (Å²) in [5.74, 6) is -8.27. The fourth-order valence-corrected chi connectivity index (χ4v) is 3.94. The average molecular weight is 694 g/mol. The van der Waals surface area contributed by atoms with Gasteiger partial charge in [-0.2, -0.15) is 50.9 Å². The highest BCUT2D eigenvalue weighted by molar-refractivity contribution is 7.07. The van der Waals surface area contributed by atoms with Gasteiger partial charge in [0.25, 0.3) is 0 Å². The summed E-state index contributed by atoms with van der Waals surface area (Å²) in [6.45, 7) is 4.30. The molecule has 0 radical (unpaired) electrons. The predicted molar refractivity (Wildman–Crippen MR) is 140 cm³/mol. The van der Waals surface area contributed by atoms with Crippen LogP contribution in [-0.4, -0.2) is 73.2 Å². The quantitative estimate of drug-likeness (QED) is 0.274. The van der Waals surface area contributed by atoms with E-state index in [1.54, 1.807) is 23.7 Å². The topological polar surface area (TPSA) is 150 Å². The first-order chi connectivity index (χ1) is 21.2. The summed E-state index contributed by atoms with van der Waals surface area (Å²) in [5.41, 5.74) is 6.53. The number of alkyl halides is 9. The van der Waals surface area contributed by atoms with Crippen LogP contribution in [0.1, 0.15) is 27.8 Å². The second kappa shape index (κ2) is 18.0. The molecular weight excluding hydrogens is 669 g/mol. The lowest BCUT2D eigenvalue weighted by Crippen LogP contribution is -2.30. The molecule has 0 fully saturated rings. The zero-order chi connectivity index (χ0) is 35.1. The Kier molecular flexibility index (Phi) is 15.5. The second-order valence-corrected chi connectivity index (χ2v) is 9.57. The smallest absolute Gasteiger partial charge is 0.475 e. The van der Waals surface area contributed by atoms with Crippen molar-refractivity contribution in [2.45, 2.75) is 51.3 Å². The summed E-state index contributed by atoms with van der Waals surface area (Å²) in [4.78, 5) is 37.7. The second-order valence-electron chi connectivity index (χ2n) is 8.79. The van der Waals surface area contributed by atoms with Crippen LogP contribution in [0.2, 0.25) is 0 Å². The van der Waals surface area contributed by atoms with Crippen molar-refractivity contribution in [3.63, 3.8) is 0 Å². The number of fused-ring (bicyclic) bond motifs is 1. The monoisotopic (exact) mass is 693 g/mol. The normalized spacial score (nSPS) is 13.0. The fourth-order valence-electron chi connectivity index (χ4n) is 3.28. The van der Waals surface area contributed by atoms with Crippen LogP contribution in [-0.2, 0) is 51.8 Å². The minimum atomic E-state index is -5.08. The van der Waals surface area contributed by atoms with Gasteiger partial charge in [-0.1, -0.05) is 0 Å². The van der Waals surface area contributed by atoms with E-state index >= 15 is 0 Å². The predicted octanol–water partition coefficient (Wildman–Crippen LogP) is 5.71. The molecule has 0 spiro atoms. The van der Waals surface area contributed by atoms with E-state index in [-0.39, 0.29) is 0 Å². The van der Waals surface area contributed by atoms with Crippen molar-refractivity contribution in [1.82, 2.24) is 14.9 Å². The molecule has 4 rings (SSSR count). The molecule has 3 aromatic rings. The molecule has 46 heavy (non-hydrogen) atoms. The number of nitrogens with zero attached hydrogens (tertiary/aromatic N) is 3. The number of thiophene rings is 1. The number of carbonyl (C=O) groups is 3. The van der Waals surface area contributed by atoms with Gasteiger partial charge < -0.3 is 20.1 Å². The maximum Gasteiger partial charge on any atom is 0.490 e. The molecule has 20 heteroatoms. The standard InChI is InChI=1S/C20H21N3OS.3C2HF3O2/c1-5-21-6-2-16(1)13-24-14-19-10-22-9-18-12-23(7-3-20(18)19)11-17-4-8-25-15-17;3*3-2(4,5)1(6)7/h1-2,4-6,8-10,15H,3,7,11-14H2;3*(H,6,7). The third-order valence-electron chi connectivity index (χ3n) is 5.30. The Hall–Kier alpha value is -4.30. The van der Waals surface area contributed by atoms with Crippen molar-refractivity contribution >= 4 is 29.2 Å². The first kappa shape index (κ1) is 39.7. The van der Waals surface area contributed by atoms with Crippen LogP contribution in [0.4, 0.5) is 39.5 Å². The first-order valence-electron chi connectivity index (χ1n) is 12.3. The Bertz CT molecular complexity index is 1330. The highest BCUT2D eigenvalue weighted by Gasteiger charge is 2.39. The summed E-state index contributed by atoms with van der Waals surface area (Å²) >= 11 is 1.76.